The minimum atomic E-state index is -4.75. The summed E-state index contributed by atoms with van der Waals surface area (Å²) in [7, 11) is 0. The summed E-state index contributed by atoms with van der Waals surface area (Å²) < 4.78 is 43.6. The first-order valence-corrected chi connectivity index (χ1v) is 8.08. The van der Waals surface area contributed by atoms with Crippen molar-refractivity contribution in [1.29, 1.82) is 0 Å². The van der Waals surface area contributed by atoms with Crippen LogP contribution in [0.2, 0.25) is 0 Å². The van der Waals surface area contributed by atoms with E-state index in [1.54, 1.807) is 0 Å². The van der Waals surface area contributed by atoms with Crippen molar-refractivity contribution in [3.8, 4) is 0 Å². The molecule has 1 rings (SSSR count). The highest BCUT2D eigenvalue weighted by Crippen LogP contribution is 2.26. The smallest absolute Gasteiger partial charge is 0.424 e. The van der Waals surface area contributed by atoms with Gasteiger partial charge >= 0.3 is 12.1 Å². The number of hydrogen-bond donors (Lipinski definition) is 1. The molecule has 1 aromatic rings. The monoisotopic (exact) mass is 343 g/mol. The molecule has 0 heterocycles. The number of rotatable bonds is 9. The van der Waals surface area contributed by atoms with Crippen molar-refractivity contribution in [2.45, 2.75) is 52.3 Å². The Bertz CT molecular complexity index is 536. The minimum Gasteiger partial charge on any atom is -0.462 e. The second-order valence-electron chi connectivity index (χ2n) is 5.62. The SMILES string of the molecule is CCCCCCOC(=O)/C(=C\NCc1ccc(C)cc1)C(F)(F)F. The number of nitrogens with one attached hydrogen (secondary N) is 1. The molecule has 0 bridgehead atoms. The third-order valence-electron chi connectivity index (χ3n) is 3.43. The fourth-order valence-electron chi connectivity index (χ4n) is 2.00. The predicted molar refractivity (Wildman–Crippen MR) is 87.3 cm³/mol. The van der Waals surface area contributed by atoms with Gasteiger partial charge in [0, 0.05) is 12.7 Å². The molecule has 0 radical (unpaired) electrons. The number of unbranched alkanes of at least 4 members (excludes halogenated alkanes) is 3. The first kappa shape index (κ1) is 20.1. The lowest BCUT2D eigenvalue weighted by Crippen LogP contribution is -2.25. The van der Waals surface area contributed by atoms with Crippen LogP contribution < -0.4 is 5.32 Å². The van der Waals surface area contributed by atoms with E-state index in [0.717, 1.165) is 30.4 Å². The summed E-state index contributed by atoms with van der Waals surface area (Å²) in [5.41, 5.74) is 0.577. The number of ether oxygens (including phenoxy) is 1. The van der Waals surface area contributed by atoms with E-state index in [9.17, 15) is 18.0 Å². The van der Waals surface area contributed by atoms with Crippen molar-refractivity contribution in [3.05, 3.63) is 47.2 Å². The van der Waals surface area contributed by atoms with Crippen LogP contribution in [-0.4, -0.2) is 18.8 Å². The lowest BCUT2D eigenvalue weighted by atomic mass is 10.1. The highest BCUT2D eigenvalue weighted by Gasteiger charge is 2.39. The van der Waals surface area contributed by atoms with E-state index in [1.807, 2.05) is 38.1 Å². The summed E-state index contributed by atoms with van der Waals surface area (Å²) in [6.07, 6.45) is -0.681. The molecule has 0 aliphatic rings. The fourth-order valence-corrected chi connectivity index (χ4v) is 2.00. The number of halogens is 3. The van der Waals surface area contributed by atoms with Crippen LogP contribution in [0.3, 0.4) is 0 Å². The van der Waals surface area contributed by atoms with Gasteiger partial charge in [-0.1, -0.05) is 56.0 Å². The van der Waals surface area contributed by atoms with Crippen LogP contribution >= 0.6 is 0 Å². The van der Waals surface area contributed by atoms with Crippen LogP contribution in [-0.2, 0) is 16.1 Å². The normalized spacial score (nSPS) is 12.1. The van der Waals surface area contributed by atoms with Crippen LogP contribution in [0.25, 0.3) is 0 Å². The van der Waals surface area contributed by atoms with Gasteiger partial charge in [-0.3, -0.25) is 0 Å². The molecule has 1 aromatic carbocycles. The zero-order valence-electron chi connectivity index (χ0n) is 14.1. The van der Waals surface area contributed by atoms with E-state index < -0.39 is 17.7 Å². The van der Waals surface area contributed by atoms with Crippen LogP contribution in [0, 0.1) is 6.92 Å². The zero-order valence-corrected chi connectivity index (χ0v) is 14.1. The molecule has 0 saturated heterocycles. The molecule has 0 aliphatic heterocycles. The molecular weight excluding hydrogens is 319 g/mol. The van der Waals surface area contributed by atoms with Gasteiger partial charge in [0.2, 0.25) is 0 Å². The molecule has 0 saturated carbocycles. The fraction of sp³-hybridized carbons (Fsp3) is 0.500. The largest absolute Gasteiger partial charge is 0.462 e. The second-order valence-corrected chi connectivity index (χ2v) is 5.62. The maximum absolute atomic E-state index is 13.0. The van der Waals surface area contributed by atoms with Gasteiger partial charge in [0.15, 0.2) is 5.57 Å². The second kappa shape index (κ2) is 10.0. The Labute approximate surface area is 140 Å². The topological polar surface area (TPSA) is 38.3 Å². The molecular formula is C18H24F3NO2. The van der Waals surface area contributed by atoms with Gasteiger partial charge in [-0.2, -0.15) is 13.2 Å². The van der Waals surface area contributed by atoms with Gasteiger partial charge < -0.3 is 10.1 Å². The molecule has 0 fully saturated rings. The Kier molecular flexibility index (Phi) is 8.36. The third-order valence-corrected chi connectivity index (χ3v) is 3.43. The summed E-state index contributed by atoms with van der Waals surface area (Å²) in [6.45, 7) is 4.15. The van der Waals surface area contributed by atoms with Crippen molar-refractivity contribution < 1.29 is 22.7 Å². The van der Waals surface area contributed by atoms with Gasteiger partial charge in [0.05, 0.1) is 6.61 Å². The van der Waals surface area contributed by atoms with E-state index in [2.05, 4.69) is 5.32 Å². The molecule has 0 spiro atoms. The van der Waals surface area contributed by atoms with Gasteiger partial charge in [-0.05, 0) is 18.9 Å². The maximum Gasteiger partial charge on any atom is 0.424 e. The Morgan fingerprint density at radius 1 is 1.17 bits per heavy atom. The predicted octanol–water partition coefficient (Wildman–Crippen LogP) is 4.65. The van der Waals surface area contributed by atoms with Crippen LogP contribution in [0.5, 0.6) is 0 Å². The molecule has 3 nitrogen and oxygen atoms in total. The van der Waals surface area contributed by atoms with Crippen LogP contribution in [0.15, 0.2) is 36.0 Å². The first-order valence-electron chi connectivity index (χ1n) is 8.08. The highest BCUT2D eigenvalue weighted by atomic mass is 19.4. The van der Waals surface area contributed by atoms with E-state index in [4.69, 9.17) is 4.74 Å². The van der Waals surface area contributed by atoms with Crippen LogP contribution in [0.4, 0.5) is 13.2 Å². The molecule has 1 N–H and O–H groups in total. The number of esters is 1. The van der Waals surface area contributed by atoms with Gasteiger partial charge in [0.25, 0.3) is 0 Å². The number of carbonyl (C=O) groups excluding carboxylic acids is 1. The van der Waals surface area contributed by atoms with E-state index in [1.165, 1.54) is 0 Å². The molecule has 24 heavy (non-hydrogen) atoms. The highest BCUT2D eigenvalue weighted by molar-refractivity contribution is 5.89. The number of carbonyl (C=O) groups is 1. The van der Waals surface area contributed by atoms with Crippen molar-refractivity contribution in [1.82, 2.24) is 5.32 Å². The number of hydrogen-bond acceptors (Lipinski definition) is 3. The molecule has 0 unspecified atom stereocenters. The summed E-state index contributed by atoms with van der Waals surface area (Å²) in [4.78, 5) is 11.7. The van der Waals surface area contributed by atoms with Gasteiger partial charge in [0.1, 0.15) is 0 Å². The van der Waals surface area contributed by atoms with Crippen molar-refractivity contribution in [3.63, 3.8) is 0 Å². The Morgan fingerprint density at radius 3 is 2.42 bits per heavy atom. The number of benzene rings is 1. The first-order chi connectivity index (χ1) is 11.3. The molecule has 0 amide bonds. The number of alkyl halides is 3. The quantitative estimate of drug-likeness (QED) is 0.403. The van der Waals surface area contributed by atoms with Gasteiger partial charge in [-0.15, -0.1) is 0 Å². The van der Waals surface area contributed by atoms with Crippen molar-refractivity contribution in [2.75, 3.05) is 6.61 Å². The minimum absolute atomic E-state index is 0.00418. The Morgan fingerprint density at radius 2 is 1.83 bits per heavy atom. The molecule has 6 heteroatoms. The summed E-state index contributed by atoms with van der Waals surface area (Å²) >= 11 is 0. The molecule has 0 atom stereocenters. The summed E-state index contributed by atoms with van der Waals surface area (Å²) in [5, 5.41) is 2.54. The van der Waals surface area contributed by atoms with E-state index in [-0.39, 0.29) is 13.2 Å². The van der Waals surface area contributed by atoms with Crippen LogP contribution in [0.1, 0.15) is 43.7 Å². The van der Waals surface area contributed by atoms with Crippen molar-refractivity contribution >= 4 is 5.97 Å². The Hall–Kier alpha value is -1.98. The summed E-state index contributed by atoms with van der Waals surface area (Å²) in [6, 6.07) is 7.37. The maximum atomic E-state index is 13.0. The van der Waals surface area contributed by atoms with Gasteiger partial charge in [-0.25, -0.2) is 4.79 Å². The van der Waals surface area contributed by atoms with Crippen molar-refractivity contribution in [2.24, 2.45) is 0 Å². The van der Waals surface area contributed by atoms with E-state index in [0.29, 0.717) is 12.6 Å². The average Bonchev–Trinajstić information content (AvgIpc) is 2.51. The lowest BCUT2D eigenvalue weighted by Gasteiger charge is -2.12. The summed E-state index contributed by atoms with van der Waals surface area (Å²) in [5.74, 6) is -1.34. The Balaban J connectivity index is 2.57. The molecule has 0 aromatic heterocycles. The number of aryl methyl sites for hydroxylation is 1. The molecule has 134 valence electrons. The molecule has 0 aliphatic carbocycles. The zero-order chi connectivity index (χ0) is 18.0. The van der Waals surface area contributed by atoms with E-state index >= 15 is 0 Å². The lowest BCUT2D eigenvalue weighted by molar-refractivity contribution is -0.151. The standard InChI is InChI=1S/C18H24F3NO2/c1-3-4-5-6-11-24-17(23)16(18(19,20)21)13-22-12-15-9-7-14(2)8-10-15/h7-10,13,22H,3-6,11-12H2,1-2H3/b16-13+. The third kappa shape index (κ3) is 7.53. The average molecular weight is 343 g/mol.